The summed E-state index contributed by atoms with van der Waals surface area (Å²) in [6.07, 6.45) is 5.76. The third-order valence-corrected chi connectivity index (χ3v) is 4.96. The van der Waals surface area contributed by atoms with Crippen molar-refractivity contribution in [2.24, 2.45) is 0 Å². The van der Waals surface area contributed by atoms with E-state index in [1.807, 2.05) is 35.0 Å². The van der Waals surface area contributed by atoms with Gasteiger partial charge in [0, 0.05) is 25.6 Å². The van der Waals surface area contributed by atoms with Gasteiger partial charge in [-0.25, -0.2) is 9.67 Å². The maximum Gasteiger partial charge on any atom is 0.222 e. The first-order chi connectivity index (χ1) is 11.8. The molecule has 0 N–H and O–H groups in total. The molecule has 24 heavy (non-hydrogen) atoms. The molecule has 0 aliphatic carbocycles. The van der Waals surface area contributed by atoms with Gasteiger partial charge in [0.25, 0.3) is 0 Å². The third-order valence-electron chi connectivity index (χ3n) is 4.96. The molecule has 6 heteroatoms. The van der Waals surface area contributed by atoms with Crippen molar-refractivity contribution >= 4 is 5.91 Å². The maximum absolute atomic E-state index is 12.0. The van der Waals surface area contributed by atoms with Crippen molar-refractivity contribution in [1.82, 2.24) is 24.6 Å². The number of rotatable bonds is 4. The van der Waals surface area contributed by atoms with Crippen molar-refractivity contribution in [1.29, 1.82) is 0 Å². The van der Waals surface area contributed by atoms with E-state index in [1.54, 1.807) is 6.33 Å². The van der Waals surface area contributed by atoms with Gasteiger partial charge in [0.05, 0.1) is 12.2 Å². The van der Waals surface area contributed by atoms with Crippen molar-refractivity contribution in [2.75, 3.05) is 19.6 Å². The molecule has 2 fully saturated rings. The molecular formula is C18H23N5O. The topological polar surface area (TPSA) is 54.3 Å². The van der Waals surface area contributed by atoms with E-state index in [4.69, 9.17) is 0 Å². The molecule has 126 valence electrons. The molecule has 1 amide bonds. The molecule has 0 saturated carbocycles. The fraction of sp³-hybridized carbons (Fsp3) is 0.500. The minimum absolute atomic E-state index is 0.327. The second kappa shape index (κ2) is 6.73. The van der Waals surface area contributed by atoms with Gasteiger partial charge in [-0.15, -0.1) is 5.10 Å². The summed E-state index contributed by atoms with van der Waals surface area (Å²) in [5.41, 5.74) is 1.02. The van der Waals surface area contributed by atoms with Crippen LogP contribution < -0.4 is 0 Å². The Morgan fingerprint density at radius 1 is 1.12 bits per heavy atom. The standard InChI is InChI=1S/C18H23N5O/c24-18-9-5-11-22(18)16-8-4-10-21(12-16)13-17-19-14-23(20-17)15-6-2-1-3-7-15/h1-3,6-7,14,16H,4-5,8-13H2. The highest BCUT2D eigenvalue weighted by molar-refractivity contribution is 5.78. The Kier molecular flexibility index (Phi) is 4.30. The Morgan fingerprint density at radius 3 is 2.79 bits per heavy atom. The van der Waals surface area contributed by atoms with E-state index in [9.17, 15) is 4.79 Å². The van der Waals surface area contributed by atoms with Crippen LogP contribution in [-0.4, -0.2) is 56.1 Å². The van der Waals surface area contributed by atoms with Gasteiger partial charge in [-0.2, -0.15) is 0 Å². The Labute approximate surface area is 142 Å². The summed E-state index contributed by atoms with van der Waals surface area (Å²) >= 11 is 0. The Balaban J connectivity index is 1.40. The highest BCUT2D eigenvalue weighted by Crippen LogP contribution is 2.22. The van der Waals surface area contributed by atoms with Crippen LogP contribution in [0.15, 0.2) is 36.7 Å². The first-order valence-corrected chi connectivity index (χ1v) is 8.77. The average Bonchev–Trinajstić information content (AvgIpc) is 3.25. The average molecular weight is 325 g/mol. The van der Waals surface area contributed by atoms with Gasteiger partial charge in [0.1, 0.15) is 6.33 Å². The number of amides is 1. The van der Waals surface area contributed by atoms with E-state index in [1.165, 1.54) is 0 Å². The second-order valence-corrected chi connectivity index (χ2v) is 6.66. The van der Waals surface area contributed by atoms with E-state index in [0.29, 0.717) is 11.9 Å². The second-order valence-electron chi connectivity index (χ2n) is 6.66. The summed E-state index contributed by atoms with van der Waals surface area (Å²) in [7, 11) is 0. The van der Waals surface area contributed by atoms with Crippen LogP contribution in [0.4, 0.5) is 0 Å². The molecule has 1 atom stereocenters. The fourth-order valence-electron chi connectivity index (χ4n) is 3.76. The van der Waals surface area contributed by atoms with Gasteiger partial charge in [-0.05, 0) is 37.9 Å². The number of carbonyl (C=O) groups is 1. The van der Waals surface area contributed by atoms with E-state index >= 15 is 0 Å². The molecule has 2 aliphatic heterocycles. The van der Waals surface area contributed by atoms with Gasteiger partial charge in [0.2, 0.25) is 5.91 Å². The molecule has 4 rings (SSSR count). The molecule has 2 aromatic rings. The Hall–Kier alpha value is -2.21. The predicted octanol–water partition coefficient (Wildman–Crippen LogP) is 1.85. The number of benzene rings is 1. The van der Waals surface area contributed by atoms with E-state index in [0.717, 1.165) is 63.4 Å². The molecule has 2 saturated heterocycles. The highest BCUT2D eigenvalue weighted by atomic mass is 16.2. The number of likely N-dealkylation sites (tertiary alicyclic amines) is 2. The lowest BCUT2D eigenvalue weighted by atomic mass is 10.0. The van der Waals surface area contributed by atoms with Crippen LogP contribution in [0.25, 0.3) is 5.69 Å². The van der Waals surface area contributed by atoms with Gasteiger partial charge in [-0.1, -0.05) is 18.2 Å². The van der Waals surface area contributed by atoms with Crippen molar-refractivity contribution in [2.45, 2.75) is 38.3 Å². The van der Waals surface area contributed by atoms with Crippen molar-refractivity contribution in [3.8, 4) is 5.69 Å². The zero-order valence-corrected chi connectivity index (χ0v) is 13.8. The number of aromatic nitrogens is 3. The van der Waals surface area contributed by atoms with Gasteiger partial charge in [0.15, 0.2) is 5.82 Å². The lowest BCUT2D eigenvalue weighted by Crippen LogP contribution is -2.48. The van der Waals surface area contributed by atoms with Crippen molar-refractivity contribution < 1.29 is 4.79 Å². The van der Waals surface area contributed by atoms with Crippen molar-refractivity contribution in [3.05, 3.63) is 42.5 Å². The number of piperidine rings is 1. The molecule has 0 bridgehead atoms. The molecule has 1 aromatic carbocycles. The van der Waals surface area contributed by atoms with Gasteiger partial charge < -0.3 is 4.90 Å². The van der Waals surface area contributed by atoms with E-state index in [-0.39, 0.29) is 0 Å². The Bertz CT molecular complexity index is 698. The lowest BCUT2D eigenvalue weighted by molar-refractivity contribution is -0.130. The molecule has 0 spiro atoms. The summed E-state index contributed by atoms with van der Waals surface area (Å²) in [6, 6.07) is 10.4. The number of carbonyl (C=O) groups excluding carboxylic acids is 1. The largest absolute Gasteiger partial charge is 0.338 e. The van der Waals surface area contributed by atoms with Gasteiger partial charge >= 0.3 is 0 Å². The molecule has 0 radical (unpaired) electrons. The molecule has 1 unspecified atom stereocenters. The van der Waals surface area contributed by atoms with E-state index in [2.05, 4.69) is 19.9 Å². The first-order valence-electron chi connectivity index (χ1n) is 8.77. The summed E-state index contributed by atoms with van der Waals surface area (Å²) in [5, 5.41) is 4.60. The Morgan fingerprint density at radius 2 is 2.00 bits per heavy atom. The lowest BCUT2D eigenvalue weighted by Gasteiger charge is -2.37. The van der Waals surface area contributed by atoms with Crippen LogP contribution in [0, 0.1) is 0 Å². The number of para-hydroxylation sites is 1. The van der Waals surface area contributed by atoms with Crippen LogP contribution in [0.3, 0.4) is 0 Å². The minimum atomic E-state index is 0.327. The normalized spacial score (nSPS) is 22.2. The monoisotopic (exact) mass is 325 g/mol. The molecule has 2 aliphatic rings. The number of nitrogens with zero attached hydrogens (tertiary/aromatic N) is 5. The summed E-state index contributed by atoms with van der Waals surface area (Å²) in [5.74, 6) is 1.17. The SMILES string of the molecule is O=C1CCCN1C1CCCN(Cc2ncn(-c3ccccc3)n2)C1. The number of hydrogen-bond acceptors (Lipinski definition) is 4. The van der Waals surface area contributed by atoms with E-state index < -0.39 is 0 Å². The molecule has 6 nitrogen and oxygen atoms in total. The molecule has 3 heterocycles. The summed E-state index contributed by atoms with van der Waals surface area (Å²) in [4.78, 5) is 20.9. The highest BCUT2D eigenvalue weighted by Gasteiger charge is 2.31. The quantitative estimate of drug-likeness (QED) is 0.861. The predicted molar refractivity (Wildman–Crippen MR) is 90.6 cm³/mol. The summed E-state index contributed by atoms with van der Waals surface area (Å²) < 4.78 is 1.82. The molecular weight excluding hydrogens is 302 g/mol. The smallest absolute Gasteiger partial charge is 0.222 e. The van der Waals surface area contributed by atoms with Crippen molar-refractivity contribution in [3.63, 3.8) is 0 Å². The van der Waals surface area contributed by atoms with Crippen LogP contribution in [0.5, 0.6) is 0 Å². The van der Waals surface area contributed by atoms with Gasteiger partial charge in [-0.3, -0.25) is 9.69 Å². The van der Waals surface area contributed by atoms with Crippen LogP contribution in [0.1, 0.15) is 31.5 Å². The fourth-order valence-corrected chi connectivity index (χ4v) is 3.76. The number of hydrogen-bond donors (Lipinski definition) is 0. The van der Waals surface area contributed by atoms with Crippen LogP contribution in [0.2, 0.25) is 0 Å². The first kappa shape index (κ1) is 15.3. The summed E-state index contributed by atoms with van der Waals surface area (Å²) in [6.45, 7) is 3.67. The zero-order chi connectivity index (χ0) is 16.4. The minimum Gasteiger partial charge on any atom is -0.338 e. The third kappa shape index (κ3) is 3.19. The van der Waals surface area contributed by atoms with Crippen LogP contribution in [-0.2, 0) is 11.3 Å². The molecule has 1 aromatic heterocycles. The maximum atomic E-state index is 12.0. The zero-order valence-electron chi connectivity index (χ0n) is 13.8. The van der Waals surface area contributed by atoms with Crippen LogP contribution >= 0.6 is 0 Å².